The van der Waals surface area contributed by atoms with Gasteiger partial charge in [-0.3, -0.25) is 4.79 Å². The van der Waals surface area contributed by atoms with Crippen molar-refractivity contribution in [2.24, 2.45) is 0 Å². The first-order valence-electron chi connectivity index (χ1n) is 4.66. The Balaban J connectivity index is 2.31. The molecule has 82 valence electrons. The van der Waals surface area contributed by atoms with E-state index in [1.165, 1.54) is 10.7 Å². The largest absolute Gasteiger partial charge is 0.508 e. The Morgan fingerprint density at radius 3 is 2.88 bits per heavy atom. The SMILES string of the molecule is O=c1cc(I)cnn1Cc1cccc(O)c1. The minimum absolute atomic E-state index is 0.143. The van der Waals surface area contributed by atoms with Crippen LogP contribution < -0.4 is 5.56 Å². The molecule has 0 atom stereocenters. The number of benzene rings is 1. The quantitative estimate of drug-likeness (QED) is 0.852. The van der Waals surface area contributed by atoms with Gasteiger partial charge in [0.1, 0.15) is 5.75 Å². The summed E-state index contributed by atoms with van der Waals surface area (Å²) in [5, 5.41) is 13.3. The number of rotatable bonds is 2. The maximum Gasteiger partial charge on any atom is 0.268 e. The molecule has 0 unspecified atom stereocenters. The summed E-state index contributed by atoms with van der Waals surface area (Å²) in [7, 11) is 0. The van der Waals surface area contributed by atoms with Crippen molar-refractivity contribution in [3.05, 3.63) is 56.0 Å². The van der Waals surface area contributed by atoms with E-state index in [0.29, 0.717) is 6.54 Å². The third-order valence-corrected chi connectivity index (χ3v) is 2.67. The number of halogens is 1. The molecule has 0 aliphatic heterocycles. The first kappa shape index (κ1) is 11.1. The fourth-order valence-corrected chi connectivity index (χ4v) is 1.75. The summed E-state index contributed by atoms with van der Waals surface area (Å²) in [6, 6.07) is 8.31. The third-order valence-electron chi connectivity index (χ3n) is 2.08. The Kier molecular flexibility index (Phi) is 3.23. The van der Waals surface area contributed by atoms with Gasteiger partial charge in [-0.05, 0) is 40.3 Å². The van der Waals surface area contributed by atoms with E-state index in [9.17, 15) is 9.90 Å². The smallest absolute Gasteiger partial charge is 0.268 e. The number of aromatic nitrogens is 2. The predicted molar refractivity (Wildman–Crippen MR) is 68.4 cm³/mol. The van der Waals surface area contributed by atoms with Crippen LogP contribution >= 0.6 is 22.6 Å². The molecule has 0 fully saturated rings. The molecule has 2 rings (SSSR count). The number of phenolic OH excluding ortho intramolecular Hbond substituents is 1. The van der Waals surface area contributed by atoms with Crippen LogP contribution in [-0.2, 0) is 6.54 Å². The number of nitrogens with zero attached hydrogens (tertiary/aromatic N) is 2. The molecular weight excluding hydrogens is 319 g/mol. The van der Waals surface area contributed by atoms with Gasteiger partial charge in [0.25, 0.3) is 5.56 Å². The second-order valence-corrected chi connectivity index (χ2v) is 4.59. The van der Waals surface area contributed by atoms with E-state index in [0.717, 1.165) is 9.13 Å². The topological polar surface area (TPSA) is 55.1 Å². The molecule has 0 saturated heterocycles. The van der Waals surface area contributed by atoms with Crippen LogP contribution in [0.5, 0.6) is 5.75 Å². The number of hydrogen-bond donors (Lipinski definition) is 1. The Hall–Kier alpha value is -1.37. The van der Waals surface area contributed by atoms with Gasteiger partial charge in [0, 0.05) is 9.64 Å². The lowest BCUT2D eigenvalue weighted by molar-refractivity contribution is 0.474. The van der Waals surface area contributed by atoms with Gasteiger partial charge in [-0.2, -0.15) is 5.10 Å². The average molecular weight is 328 g/mol. The zero-order valence-corrected chi connectivity index (χ0v) is 10.5. The fraction of sp³-hybridized carbons (Fsp3) is 0.0909. The van der Waals surface area contributed by atoms with E-state index in [4.69, 9.17) is 0 Å². The van der Waals surface area contributed by atoms with Crippen LogP contribution in [0.3, 0.4) is 0 Å². The molecule has 5 heteroatoms. The number of aromatic hydroxyl groups is 1. The monoisotopic (exact) mass is 328 g/mol. The zero-order valence-electron chi connectivity index (χ0n) is 8.30. The lowest BCUT2D eigenvalue weighted by Gasteiger charge is -2.04. The third kappa shape index (κ3) is 2.60. The summed E-state index contributed by atoms with van der Waals surface area (Å²) >= 11 is 2.04. The second kappa shape index (κ2) is 4.65. The Labute approximate surface area is 106 Å². The highest BCUT2D eigenvalue weighted by atomic mass is 127. The van der Waals surface area contributed by atoms with Gasteiger partial charge in [-0.25, -0.2) is 4.68 Å². The average Bonchev–Trinajstić information content (AvgIpc) is 2.22. The van der Waals surface area contributed by atoms with Gasteiger partial charge in [-0.1, -0.05) is 12.1 Å². The van der Waals surface area contributed by atoms with Crippen LogP contribution in [0.4, 0.5) is 0 Å². The van der Waals surface area contributed by atoms with E-state index < -0.39 is 0 Å². The minimum atomic E-state index is -0.143. The lowest BCUT2D eigenvalue weighted by atomic mass is 10.2. The van der Waals surface area contributed by atoms with Crippen molar-refractivity contribution < 1.29 is 5.11 Å². The maximum absolute atomic E-state index is 11.6. The van der Waals surface area contributed by atoms with E-state index in [1.54, 1.807) is 24.4 Å². The molecule has 2 aromatic rings. The molecule has 0 amide bonds. The summed E-state index contributed by atoms with van der Waals surface area (Å²) in [6.07, 6.45) is 1.63. The van der Waals surface area contributed by atoms with Crippen molar-refractivity contribution in [1.82, 2.24) is 9.78 Å². The van der Waals surface area contributed by atoms with Crippen molar-refractivity contribution in [2.45, 2.75) is 6.54 Å². The van der Waals surface area contributed by atoms with E-state index in [-0.39, 0.29) is 11.3 Å². The molecule has 1 heterocycles. The first-order valence-corrected chi connectivity index (χ1v) is 5.73. The number of phenols is 1. The normalized spacial score (nSPS) is 10.3. The molecule has 16 heavy (non-hydrogen) atoms. The standard InChI is InChI=1S/C11H9IN2O2/c12-9-5-11(16)14(13-6-9)7-8-2-1-3-10(15)4-8/h1-6,15H,7H2. The van der Waals surface area contributed by atoms with Gasteiger partial charge in [0.2, 0.25) is 0 Å². The minimum Gasteiger partial charge on any atom is -0.508 e. The molecule has 0 radical (unpaired) electrons. The van der Waals surface area contributed by atoms with E-state index >= 15 is 0 Å². The van der Waals surface area contributed by atoms with Crippen LogP contribution in [0.25, 0.3) is 0 Å². The summed E-state index contributed by atoms with van der Waals surface area (Å²) in [4.78, 5) is 11.6. The van der Waals surface area contributed by atoms with Crippen LogP contribution in [0.2, 0.25) is 0 Å². The predicted octanol–water partition coefficient (Wildman–Crippen LogP) is 1.60. The second-order valence-electron chi connectivity index (χ2n) is 3.34. The van der Waals surface area contributed by atoms with Crippen LogP contribution in [-0.4, -0.2) is 14.9 Å². The molecule has 0 bridgehead atoms. The summed E-state index contributed by atoms with van der Waals surface area (Å²) < 4.78 is 2.17. The van der Waals surface area contributed by atoms with Crippen LogP contribution in [0.1, 0.15) is 5.56 Å². The van der Waals surface area contributed by atoms with Crippen molar-refractivity contribution >= 4 is 22.6 Å². The lowest BCUT2D eigenvalue weighted by Crippen LogP contribution is -2.22. The molecular formula is C11H9IN2O2. The van der Waals surface area contributed by atoms with Crippen molar-refractivity contribution in [3.63, 3.8) is 0 Å². The van der Waals surface area contributed by atoms with Gasteiger partial charge in [0.15, 0.2) is 0 Å². The number of hydrogen-bond acceptors (Lipinski definition) is 3. The first-order chi connectivity index (χ1) is 7.65. The van der Waals surface area contributed by atoms with Gasteiger partial charge >= 0.3 is 0 Å². The summed E-state index contributed by atoms with van der Waals surface area (Å²) in [5.41, 5.74) is 0.700. The zero-order chi connectivity index (χ0) is 11.5. The molecule has 1 aromatic heterocycles. The summed E-state index contributed by atoms with van der Waals surface area (Å²) in [6.45, 7) is 0.365. The van der Waals surface area contributed by atoms with Crippen LogP contribution in [0.15, 0.2) is 41.3 Å². The molecule has 0 aliphatic carbocycles. The van der Waals surface area contributed by atoms with Gasteiger partial charge in [-0.15, -0.1) is 0 Å². The molecule has 0 saturated carbocycles. The Morgan fingerprint density at radius 1 is 1.38 bits per heavy atom. The highest BCUT2D eigenvalue weighted by molar-refractivity contribution is 14.1. The van der Waals surface area contributed by atoms with Crippen molar-refractivity contribution in [2.75, 3.05) is 0 Å². The fourth-order valence-electron chi connectivity index (χ4n) is 1.36. The molecule has 1 N–H and O–H groups in total. The maximum atomic E-state index is 11.6. The van der Waals surface area contributed by atoms with Crippen molar-refractivity contribution in [3.8, 4) is 5.75 Å². The Bertz CT molecular complexity index is 566. The van der Waals surface area contributed by atoms with Crippen molar-refractivity contribution in [1.29, 1.82) is 0 Å². The highest BCUT2D eigenvalue weighted by Gasteiger charge is 2.00. The Morgan fingerprint density at radius 2 is 2.19 bits per heavy atom. The molecule has 0 aliphatic rings. The highest BCUT2D eigenvalue weighted by Crippen LogP contribution is 2.11. The van der Waals surface area contributed by atoms with E-state index in [1.807, 2.05) is 28.7 Å². The molecule has 4 nitrogen and oxygen atoms in total. The summed E-state index contributed by atoms with van der Waals surface area (Å²) in [5.74, 6) is 0.191. The molecule has 0 spiro atoms. The van der Waals surface area contributed by atoms with Gasteiger partial charge < -0.3 is 5.11 Å². The molecule has 1 aromatic carbocycles. The van der Waals surface area contributed by atoms with E-state index in [2.05, 4.69) is 5.10 Å². The van der Waals surface area contributed by atoms with Gasteiger partial charge in [0.05, 0.1) is 12.7 Å². The van der Waals surface area contributed by atoms with Crippen LogP contribution in [0, 0.1) is 3.57 Å².